The Balaban J connectivity index is 1.85. The van der Waals surface area contributed by atoms with Crippen LogP contribution in [0.3, 0.4) is 0 Å². The van der Waals surface area contributed by atoms with Crippen LogP contribution in [0, 0.1) is 5.41 Å². The molecule has 1 aromatic carbocycles. The summed E-state index contributed by atoms with van der Waals surface area (Å²) in [6.45, 7) is 5.30. The minimum Gasteiger partial charge on any atom is -0.396 e. The van der Waals surface area contributed by atoms with E-state index in [9.17, 15) is 15.0 Å². The molecule has 122 valence electrons. The molecule has 4 nitrogen and oxygen atoms in total. The van der Waals surface area contributed by atoms with Crippen LogP contribution in [0.1, 0.15) is 43.7 Å². The lowest BCUT2D eigenvalue weighted by Gasteiger charge is -2.24. The molecule has 1 aliphatic heterocycles. The lowest BCUT2D eigenvalue weighted by molar-refractivity contribution is -0.130. The number of amides is 1. The molecule has 0 aromatic heterocycles. The van der Waals surface area contributed by atoms with Crippen LogP contribution in [0.5, 0.6) is 0 Å². The molecule has 0 aliphatic carbocycles. The molecule has 22 heavy (non-hydrogen) atoms. The Bertz CT molecular complexity index is 492. The minimum atomic E-state index is -0.505. The van der Waals surface area contributed by atoms with Crippen LogP contribution >= 0.6 is 0 Å². The average Bonchev–Trinajstić information content (AvgIpc) is 2.98. The van der Waals surface area contributed by atoms with Crippen LogP contribution in [0.15, 0.2) is 24.3 Å². The van der Waals surface area contributed by atoms with E-state index in [4.69, 9.17) is 0 Å². The Morgan fingerprint density at radius 1 is 1.23 bits per heavy atom. The van der Waals surface area contributed by atoms with Gasteiger partial charge in [-0.15, -0.1) is 0 Å². The highest BCUT2D eigenvalue weighted by Gasteiger charge is 2.38. The Kier molecular flexibility index (Phi) is 5.59. The summed E-state index contributed by atoms with van der Waals surface area (Å²) in [6, 6.07) is 8.45. The van der Waals surface area contributed by atoms with Crippen molar-refractivity contribution in [2.75, 3.05) is 26.3 Å². The van der Waals surface area contributed by atoms with Crippen molar-refractivity contribution in [3.63, 3.8) is 0 Å². The number of hydrogen-bond donors (Lipinski definition) is 2. The van der Waals surface area contributed by atoms with Crippen LogP contribution in [0.25, 0.3) is 0 Å². The first-order valence-corrected chi connectivity index (χ1v) is 8.08. The van der Waals surface area contributed by atoms with Crippen LogP contribution in [-0.2, 0) is 11.2 Å². The van der Waals surface area contributed by atoms with Gasteiger partial charge in [0.15, 0.2) is 0 Å². The summed E-state index contributed by atoms with van der Waals surface area (Å²) in [6.07, 6.45) is 1.89. The van der Waals surface area contributed by atoms with Crippen molar-refractivity contribution >= 4 is 5.91 Å². The highest BCUT2D eigenvalue weighted by Crippen LogP contribution is 2.29. The van der Waals surface area contributed by atoms with Crippen LogP contribution < -0.4 is 0 Å². The molecule has 0 unspecified atom stereocenters. The Labute approximate surface area is 132 Å². The second-order valence-electron chi connectivity index (χ2n) is 6.78. The van der Waals surface area contributed by atoms with E-state index in [1.807, 2.05) is 0 Å². The number of aliphatic hydroxyl groups is 2. The molecule has 1 saturated heterocycles. The summed E-state index contributed by atoms with van der Waals surface area (Å²) < 4.78 is 0. The van der Waals surface area contributed by atoms with Gasteiger partial charge in [-0.05, 0) is 29.9 Å². The lowest BCUT2D eigenvalue weighted by atomic mass is 9.89. The predicted molar refractivity (Wildman–Crippen MR) is 86.7 cm³/mol. The molecule has 0 spiro atoms. The van der Waals surface area contributed by atoms with Gasteiger partial charge in [0.2, 0.25) is 5.91 Å². The van der Waals surface area contributed by atoms with E-state index in [0.29, 0.717) is 31.8 Å². The monoisotopic (exact) mass is 305 g/mol. The number of likely N-dealkylation sites (tertiary alicyclic amines) is 1. The van der Waals surface area contributed by atoms with E-state index in [2.05, 4.69) is 38.1 Å². The molecule has 4 heteroatoms. The summed E-state index contributed by atoms with van der Waals surface area (Å²) >= 11 is 0. The van der Waals surface area contributed by atoms with E-state index in [-0.39, 0.29) is 19.1 Å². The number of rotatable bonds is 6. The molecule has 0 saturated carbocycles. The van der Waals surface area contributed by atoms with Gasteiger partial charge < -0.3 is 15.1 Å². The van der Waals surface area contributed by atoms with E-state index < -0.39 is 5.41 Å². The Morgan fingerprint density at radius 2 is 1.86 bits per heavy atom. The topological polar surface area (TPSA) is 60.8 Å². The fourth-order valence-electron chi connectivity index (χ4n) is 2.93. The maximum atomic E-state index is 12.3. The van der Waals surface area contributed by atoms with Gasteiger partial charge in [0, 0.05) is 24.9 Å². The molecule has 0 atom stereocenters. The molecule has 1 aromatic rings. The van der Waals surface area contributed by atoms with Gasteiger partial charge in [0.25, 0.3) is 0 Å². The molecule has 1 heterocycles. The molecular weight excluding hydrogens is 278 g/mol. The smallest absolute Gasteiger partial charge is 0.222 e. The Morgan fingerprint density at radius 3 is 2.36 bits per heavy atom. The summed E-state index contributed by atoms with van der Waals surface area (Å²) in [7, 11) is 0. The highest BCUT2D eigenvalue weighted by molar-refractivity contribution is 5.76. The maximum Gasteiger partial charge on any atom is 0.222 e. The van der Waals surface area contributed by atoms with Gasteiger partial charge in [-0.25, -0.2) is 0 Å². The van der Waals surface area contributed by atoms with Crippen molar-refractivity contribution < 1.29 is 15.0 Å². The van der Waals surface area contributed by atoms with Crippen molar-refractivity contribution in [3.8, 4) is 0 Å². The first kappa shape index (κ1) is 17.0. The zero-order chi connectivity index (χ0) is 16.2. The van der Waals surface area contributed by atoms with Crippen molar-refractivity contribution in [2.45, 2.75) is 39.0 Å². The number of carbonyl (C=O) groups excluding carboxylic acids is 1. The molecule has 0 bridgehead atoms. The summed E-state index contributed by atoms with van der Waals surface area (Å²) in [5.41, 5.74) is 1.98. The number of carbonyl (C=O) groups is 1. The molecule has 0 radical (unpaired) electrons. The maximum absolute atomic E-state index is 12.3. The second kappa shape index (κ2) is 7.25. The van der Waals surface area contributed by atoms with E-state index >= 15 is 0 Å². The van der Waals surface area contributed by atoms with Crippen molar-refractivity contribution in [1.82, 2.24) is 4.90 Å². The van der Waals surface area contributed by atoms with Crippen molar-refractivity contribution in [1.29, 1.82) is 0 Å². The van der Waals surface area contributed by atoms with Gasteiger partial charge in [-0.2, -0.15) is 0 Å². The van der Waals surface area contributed by atoms with E-state index in [0.717, 1.165) is 6.42 Å². The zero-order valence-electron chi connectivity index (χ0n) is 13.6. The van der Waals surface area contributed by atoms with Gasteiger partial charge in [-0.1, -0.05) is 38.1 Å². The number of nitrogens with zero attached hydrogens (tertiary/aromatic N) is 1. The van der Waals surface area contributed by atoms with Crippen LogP contribution in [0.4, 0.5) is 0 Å². The van der Waals surface area contributed by atoms with Gasteiger partial charge in [0.1, 0.15) is 0 Å². The van der Waals surface area contributed by atoms with Gasteiger partial charge in [0.05, 0.1) is 13.2 Å². The van der Waals surface area contributed by atoms with E-state index in [1.165, 1.54) is 11.1 Å². The van der Waals surface area contributed by atoms with Crippen LogP contribution in [0.2, 0.25) is 0 Å². The third-order valence-corrected chi connectivity index (χ3v) is 4.74. The fraction of sp³-hybridized carbons (Fsp3) is 0.611. The first-order chi connectivity index (χ1) is 10.5. The summed E-state index contributed by atoms with van der Waals surface area (Å²) in [4.78, 5) is 14.0. The number of hydrogen-bond acceptors (Lipinski definition) is 3. The minimum absolute atomic E-state index is 0.0655. The summed E-state index contributed by atoms with van der Waals surface area (Å²) in [5.74, 6) is 0.627. The number of benzene rings is 1. The zero-order valence-corrected chi connectivity index (χ0v) is 13.6. The predicted octanol–water partition coefficient (Wildman–Crippen LogP) is 1.95. The second-order valence-corrected chi connectivity index (χ2v) is 6.78. The lowest BCUT2D eigenvalue weighted by Crippen LogP contribution is -2.36. The molecular formula is C18H27NO3. The Hall–Kier alpha value is -1.39. The third-order valence-electron chi connectivity index (χ3n) is 4.74. The molecule has 2 rings (SSSR count). The molecule has 1 amide bonds. The van der Waals surface area contributed by atoms with E-state index in [1.54, 1.807) is 4.90 Å². The largest absolute Gasteiger partial charge is 0.396 e. The number of aryl methyl sites for hydroxylation is 1. The molecule has 2 N–H and O–H groups in total. The first-order valence-electron chi connectivity index (χ1n) is 8.08. The number of aliphatic hydroxyl groups excluding tert-OH is 2. The fourth-order valence-corrected chi connectivity index (χ4v) is 2.93. The van der Waals surface area contributed by atoms with Crippen molar-refractivity contribution in [3.05, 3.63) is 35.4 Å². The normalized spacial score (nSPS) is 17.2. The third kappa shape index (κ3) is 3.87. The average molecular weight is 305 g/mol. The highest BCUT2D eigenvalue weighted by atomic mass is 16.3. The SMILES string of the molecule is CC(C)c1ccc(CCC(=O)N2CCC(CO)(CO)C2)cc1. The summed E-state index contributed by atoms with van der Waals surface area (Å²) in [5, 5.41) is 18.8. The molecule has 1 aliphatic rings. The van der Waals surface area contributed by atoms with Crippen LogP contribution in [-0.4, -0.2) is 47.3 Å². The quantitative estimate of drug-likeness (QED) is 0.844. The van der Waals surface area contributed by atoms with Gasteiger partial charge >= 0.3 is 0 Å². The van der Waals surface area contributed by atoms with Crippen molar-refractivity contribution in [2.24, 2.45) is 5.41 Å². The standard InChI is InChI=1S/C18H27NO3/c1-14(2)16-6-3-15(4-7-16)5-8-17(22)19-10-9-18(11-19,12-20)13-21/h3-4,6-7,14,20-21H,5,8-13H2,1-2H3. The molecule has 1 fully saturated rings. The van der Waals surface area contributed by atoms with Gasteiger partial charge in [-0.3, -0.25) is 4.79 Å².